The Hall–Kier alpha value is -3.72. The third-order valence-electron chi connectivity index (χ3n) is 6.49. The van der Waals surface area contributed by atoms with E-state index in [0.717, 1.165) is 76.9 Å². The van der Waals surface area contributed by atoms with Crippen LogP contribution in [0.4, 0.5) is 11.5 Å². The fourth-order valence-corrected chi connectivity index (χ4v) is 5.26. The molecule has 3 aromatic rings. The van der Waals surface area contributed by atoms with E-state index in [1.54, 1.807) is 17.0 Å². The van der Waals surface area contributed by atoms with Crippen LogP contribution in [0, 0.1) is 6.92 Å². The summed E-state index contributed by atoms with van der Waals surface area (Å²) in [7, 11) is 0.945. The SMILES string of the molecule is C=C(C)/C(=N\N=C\C)N1CCN(c2cc3ccc(C)cc3c(=O)n2C)CC1.CCNc1ccccc1S(C)=O. The van der Waals surface area contributed by atoms with Gasteiger partial charge in [-0.05, 0) is 62.9 Å². The average molecular weight is 549 g/mol. The molecule has 1 aliphatic rings. The minimum Gasteiger partial charge on any atom is -0.384 e. The van der Waals surface area contributed by atoms with Crippen LogP contribution in [0.25, 0.3) is 10.8 Å². The first-order valence-electron chi connectivity index (χ1n) is 13.2. The number of rotatable bonds is 6. The van der Waals surface area contributed by atoms with Crippen molar-refractivity contribution in [3.05, 3.63) is 76.6 Å². The van der Waals surface area contributed by atoms with Crippen molar-refractivity contribution < 1.29 is 4.21 Å². The Balaban J connectivity index is 0.000000293. The van der Waals surface area contributed by atoms with Gasteiger partial charge in [-0.25, -0.2) is 0 Å². The van der Waals surface area contributed by atoms with Crippen LogP contribution in [-0.2, 0) is 17.8 Å². The first-order valence-corrected chi connectivity index (χ1v) is 14.7. The number of piperazine rings is 1. The van der Waals surface area contributed by atoms with Gasteiger partial charge in [0.2, 0.25) is 0 Å². The number of nitrogens with zero attached hydrogens (tertiary/aromatic N) is 5. The first kappa shape index (κ1) is 29.8. The van der Waals surface area contributed by atoms with Crippen molar-refractivity contribution in [2.24, 2.45) is 17.3 Å². The zero-order valence-corrected chi connectivity index (χ0v) is 24.7. The maximum atomic E-state index is 12.8. The van der Waals surface area contributed by atoms with Crippen molar-refractivity contribution >= 4 is 45.1 Å². The average Bonchev–Trinajstić information content (AvgIpc) is 2.92. The molecule has 0 bridgehead atoms. The third-order valence-corrected chi connectivity index (χ3v) is 7.46. The van der Waals surface area contributed by atoms with Crippen LogP contribution in [0.1, 0.15) is 26.3 Å². The molecule has 0 aliphatic carbocycles. The van der Waals surface area contributed by atoms with Gasteiger partial charge in [0.15, 0.2) is 5.84 Å². The summed E-state index contributed by atoms with van der Waals surface area (Å²) in [5, 5.41) is 13.2. The topological polar surface area (TPSA) is 82.3 Å². The molecule has 208 valence electrons. The van der Waals surface area contributed by atoms with Gasteiger partial charge in [0.05, 0.1) is 21.4 Å². The minimum absolute atomic E-state index is 0.0510. The summed E-state index contributed by atoms with van der Waals surface area (Å²) in [5.74, 6) is 1.78. The molecule has 1 N–H and O–H groups in total. The molecule has 4 rings (SSSR count). The van der Waals surface area contributed by atoms with Crippen LogP contribution >= 0.6 is 0 Å². The molecule has 0 amide bonds. The molecule has 1 unspecified atom stereocenters. The highest BCUT2D eigenvalue weighted by Gasteiger charge is 2.22. The summed E-state index contributed by atoms with van der Waals surface area (Å²) in [6.45, 7) is 16.0. The maximum absolute atomic E-state index is 12.8. The van der Waals surface area contributed by atoms with E-state index in [1.165, 1.54) is 0 Å². The van der Waals surface area contributed by atoms with Gasteiger partial charge in [0, 0.05) is 57.6 Å². The molecule has 0 radical (unpaired) electrons. The monoisotopic (exact) mass is 548 g/mol. The number of amidine groups is 1. The van der Waals surface area contributed by atoms with Crippen LogP contribution in [-0.4, -0.2) is 64.7 Å². The number of aryl methyl sites for hydroxylation is 1. The summed E-state index contributed by atoms with van der Waals surface area (Å²) >= 11 is 0. The minimum atomic E-state index is -0.904. The Kier molecular flexibility index (Phi) is 10.6. The van der Waals surface area contributed by atoms with E-state index < -0.39 is 10.8 Å². The number of fused-ring (bicyclic) bond motifs is 1. The van der Waals surface area contributed by atoms with E-state index in [0.29, 0.717) is 0 Å². The van der Waals surface area contributed by atoms with Crippen molar-refractivity contribution in [2.45, 2.75) is 32.6 Å². The number of anilines is 2. The van der Waals surface area contributed by atoms with Crippen LogP contribution < -0.4 is 15.8 Å². The second-order valence-electron chi connectivity index (χ2n) is 9.49. The van der Waals surface area contributed by atoms with Gasteiger partial charge >= 0.3 is 0 Å². The molecule has 0 saturated carbocycles. The quantitative estimate of drug-likeness (QED) is 0.272. The number of para-hydroxylation sites is 1. The molecule has 1 atom stereocenters. The van der Waals surface area contributed by atoms with E-state index in [4.69, 9.17) is 0 Å². The molecular weight excluding hydrogens is 508 g/mol. The molecule has 8 nitrogen and oxygen atoms in total. The highest BCUT2D eigenvalue weighted by molar-refractivity contribution is 7.84. The lowest BCUT2D eigenvalue weighted by atomic mass is 10.1. The van der Waals surface area contributed by atoms with Gasteiger partial charge in [-0.15, -0.1) is 5.10 Å². The van der Waals surface area contributed by atoms with Crippen molar-refractivity contribution in [1.82, 2.24) is 9.47 Å². The highest BCUT2D eigenvalue weighted by Crippen LogP contribution is 2.22. The molecule has 9 heteroatoms. The fraction of sp³-hybridized carbons (Fsp3) is 0.367. The van der Waals surface area contributed by atoms with Gasteiger partial charge in [-0.3, -0.25) is 13.6 Å². The first-order chi connectivity index (χ1) is 18.7. The number of nitrogens with one attached hydrogen (secondary N) is 1. The maximum Gasteiger partial charge on any atom is 0.259 e. The molecular formula is C30H40N6O2S. The second-order valence-corrected chi connectivity index (χ2v) is 10.8. The van der Waals surface area contributed by atoms with Crippen molar-refractivity contribution in [3.63, 3.8) is 0 Å². The van der Waals surface area contributed by atoms with Gasteiger partial charge in [-0.1, -0.05) is 36.4 Å². The van der Waals surface area contributed by atoms with E-state index in [9.17, 15) is 9.00 Å². The predicted molar refractivity (Wildman–Crippen MR) is 167 cm³/mol. The molecule has 1 fully saturated rings. The standard InChI is InChI=1S/C21H27N5O.C9H13NOS/c1-6-22-23-20(15(2)3)26-11-9-25(10-12-26)19-14-17-8-7-16(4)13-18(17)21(27)24(19)5;1-3-10-8-6-4-5-7-9(8)12(2)11/h6-8,13-14H,2,9-12H2,1,3-5H3;4-7,10H,3H2,1-2H3/b22-6+,23-20+;. The number of pyridine rings is 1. The normalized spacial score (nSPS) is 14.8. The van der Waals surface area contributed by atoms with Crippen LogP contribution in [0.2, 0.25) is 0 Å². The van der Waals surface area contributed by atoms with Gasteiger partial charge in [0.25, 0.3) is 5.56 Å². The van der Waals surface area contributed by atoms with Gasteiger partial charge in [-0.2, -0.15) is 5.10 Å². The van der Waals surface area contributed by atoms with E-state index in [-0.39, 0.29) is 5.56 Å². The number of aromatic nitrogens is 1. The number of benzene rings is 2. The van der Waals surface area contributed by atoms with Gasteiger partial charge < -0.3 is 15.1 Å². The number of hydrogen-bond donors (Lipinski definition) is 1. The summed E-state index contributed by atoms with van der Waals surface area (Å²) in [5.41, 5.74) is 3.03. The largest absolute Gasteiger partial charge is 0.384 e. The Labute approximate surface area is 234 Å². The number of hydrogen-bond acceptors (Lipinski definition) is 6. The Morgan fingerprint density at radius 3 is 2.44 bits per heavy atom. The molecule has 1 saturated heterocycles. The second kappa shape index (κ2) is 13.9. The molecule has 2 aromatic carbocycles. The fourth-order valence-electron chi connectivity index (χ4n) is 4.54. The lowest BCUT2D eigenvalue weighted by molar-refractivity contribution is 0.382. The highest BCUT2D eigenvalue weighted by atomic mass is 32.2. The zero-order valence-electron chi connectivity index (χ0n) is 23.9. The summed E-state index contributed by atoms with van der Waals surface area (Å²) < 4.78 is 13.0. The van der Waals surface area contributed by atoms with E-state index >= 15 is 0 Å². The third kappa shape index (κ3) is 7.44. The van der Waals surface area contributed by atoms with Crippen molar-refractivity contribution in [1.29, 1.82) is 0 Å². The molecule has 1 aliphatic heterocycles. The summed E-state index contributed by atoms with van der Waals surface area (Å²) in [4.78, 5) is 18.1. The Bertz CT molecular complexity index is 1450. The summed E-state index contributed by atoms with van der Waals surface area (Å²) in [6, 6.07) is 15.8. The van der Waals surface area contributed by atoms with Crippen molar-refractivity contribution in [2.75, 3.05) is 49.2 Å². The van der Waals surface area contributed by atoms with Crippen LogP contribution in [0.5, 0.6) is 0 Å². The predicted octanol–water partition coefficient (Wildman–Crippen LogP) is 4.81. The van der Waals surface area contributed by atoms with Crippen molar-refractivity contribution in [3.8, 4) is 0 Å². The van der Waals surface area contributed by atoms with Crippen LogP contribution in [0.15, 0.2) is 80.6 Å². The molecule has 0 spiro atoms. The van der Waals surface area contributed by atoms with E-state index in [1.807, 2.05) is 77.2 Å². The smallest absolute Gasteiger partial charge is 0.259 e. The lowest BCUT2D eigenvalue weighted by Gasteiger charge is -2.38. The van der Waals surface area contributed by atoms with E-state index in [2.05, 4.69) is 38.0 Å². The molecule has 2 heterocycles. The molecule has 1 aromatic heterocycles. The lowest BCUT2D eigenvalue weighted by Crippen LogP contribution is -2.50. The Morgan fingerprint density at radius 1 is 1.13 bits per heavy atom. The summed E-state index contributed by atoms with van der Waals surface area (Å²) in [6.07, 6.45) is 3.36. The van der Waals surface area contributed by atoms with Crippen LogP contribution in [0.3, 0.4) is 0 Å². The Morgan fingerprint density at radius 2 is 1.82 bits per heavy atom. The van der Waals surface area contributed by atoms with Gasteiger partial charge in [0.1, 0.15) is 5.82 Å². The molecule has 39 heavy (non-hydrogen) atoms. The zero-order chi connectivity index (χ0) is 28.5.